The van der Waals surface area contributed by atoms with Crippen LogP contribution in [0.4, 0.5) is 5.69 Å². The van der Waals surface area contributed by atoms with Crippen LogP contribution >= 0.6 is 0 Å². The van der Waals surface area contributed by atoms with E-state index < -0.39 is 4.92 Å². The van der Waals surface area contributed by atoms with Crippen molar-refractivity contribution >= 4 is 11.6 Å². The van der Waals surface area contributed by atoms with Gasteiger partial charge in [0.05, 0.1) is 11.5 Å². The van der Waals surface area contributed by atoms with Gasteiger partial charge >= 0.3 is 0 Å². The van der Waals surface area contributed by atoms with Crippen LogP contribution in [0, 0.1) is 10.1 Å². The smallest absolute Gasteiger partial charge is 0.269 e. The van der Waals surface area contributed by atoms with Gasteiger partial charge in [0.15, 0.2) is 0 Å². The van der Waals surface area contributed by atoms with Gasteiger partial charge in [-0.2, -0.15) is 0 Å². The molecule has 0 aliphatic carbocycles. The first-order valence-electron chi connectivity index (χ1n) is 5.38. The Balaban J connectivity index is 1.95. The van der Waals surface area contributed by atoms with Gasteiger partial charge in [-0.3, -0.25) is 14.9 Å². The van der Waals surface area contributed by atoms with Crippen molar-refractivity contribution in [2.24, 2.45) is 0 Å². The lowest BCUT2D eigenvalue weighted by molar-refractivity contribution is -0.384. The van der Waals surface area contributed by atoms with Gasteiger partial charge in [-0.25, -0.2) is 0 Å². The predicted octanol–water partition coefficient (Wildman–Crippen LogP) is 0.225. The summed E-state index contributed by atoms with van der Waals surface area (Å²) in [6, 6.07) is 6.68. The van der Waals surface area contributed by atoms with Crippen molar-refractivity contribution in [3.63, 3.8) is 0 Å². The second-order valence-corrected chi connectivity index (χ2v) is 4.01. The highest BCUT2D eigenvalue weighted by Crippen LogP contribution is 2.13. The average Bonchev–Trinajstić information content (AvgIpc) is 2.33. The molecule has 1 saturated heterocycles. The topological polar surface area (TPSA) is 84.3 Å². The number of piperazine rings is 1. The van der Waals surface area contributed by atoms with Gasteiger partial charge in [-0.1, -0.05) is 12.1 Å². The molecule has 0 spiro atoms. The minimum atomic E-state index is -0.414. The van der Waals surface area contributed by atoms with Gasteiger partial charge in [0.25, 0.3) is 5.69 Å². The Hall–Kier alpha value is -1.95. The van der Waals surface area contributed by atoms with Crippen molar-refractivity contribution in [2.75, 3.05) is 13.1 Å². The molecule has 1 aliphatic rings. The Morgan fingerprint density at radius 2 is 2.06 bits per heavy atom. The zero-order valence-electron chi connectivity index (χ0n) is 9.18. The lowest BCUT2D eigenvalue weighted by Crippen LogP contribution is -2.52. The molecule has 1 heterocycles. The fourth-order valence-corrected chi connectivity index (χ4v) is 1.79. The van der Waals surface area contributed by atoms with E-state index in [0.29, 0.717) is 13.1 Å². The molecular formula is C11H13N3O3. The summed E-state index contributed by atoms with van der Waals surface area (Å²) >= 11 is 0. The van der Waals surface area contributed by atoms with Gasteiger partial charge < -0.3 is 10.6 Å². The summed E-state index contributed by atoms with van der Waals surface area (Å²) in [5, 5.41) is 16.4. The number of nitrogens with zero attached hydrogens (tertiary/aromatic N) is 1. The van der Waals surface area contributed by atoms with Gasteiger partial charge in [0, 0.05) is 24.7 Å². The van der Waals surface area contributed by atoms with E-state index in [1.807, 2.05) is 0 Å². The summed E-state index contributed by atoms with van der Waals surface area (Å²) < 4.78 is 0. The van der Waals surface area contributed by atoms with Gasteiger partial charge in [0.1, 0.15) is 0 Å². The summed E-state index contributed by atoms with van der Waals surface area (Å²) in [6.07, 6.45) is 0.748. The summed E-state index contributed by atoms with van der Waals surface area (Å²) in [4.78, 5) is 21.0. The van der Waals surface area contributed by atoms with Gasteiger partial charge in [0.2, 0.25) is 5.91 Å². The van der Waals surface area contributed by atoms with Crippen LogP contribution in [-0.2, 0) is 11.2 Å². The molecule has 1 aromatic carbocycles. The standard InChI is InChI=1S/C11H13N3O3/c15-11-7-12-9(6-13-11)5-8-1-3-10(4-2-8)14(16)17/h1-4,9,12H,5-7H2,(H,13,15). The Bertz CT molecular complexity index is 420. The lowest BCUT2D eigenvalue weighted by atomic mass is 10.0. The minimum absolute atomic E-state index is 0.00458. The van der Waals surface area contributed by atoms with Crippen LogP contribution in [0.1, 0.15) is 5.56 Å². The molecule has 1 amide bonds. The number of hydrogen-bond acceptors (Lipinski definition) is 4. The summed E-state index contributed by atoms with van der Waals surface area (Å²) in [5.41, 5.74) is 1.11. The highest BCUT2D eigenvalue weighted by molar-refractivity contribution is 5.78. The number of non-ortho nitro benzene ring substituents is 1. The van der Waals surface area contributed by atoms with Crippen molar-refractivity contribution in [3.05, 3.63) is 39.9 Å². The van der Waals surface area contributed by atoms with E-state index in [2.05, 4.69) is 10.6 Å². The minimum Gasteiger partial charge on any atom is -0.353 e. The third kappa shape index (κ3) is 3.01. The van der Waals surface area contributed by atoms with Crippen LogP contribution in [0.5, 0.6) is 0 Å². The van der Waals surface area contributed by atoms with Crippen molar-refractivity contribution < 1.29 is 9.72 Å². The zero-order valence-corrected chi connectivity index (χ0v) is 9.18. The SMILES string of the molecule is O=C1CNC(Cc2ccc([N+](=O)[O-])cc2)CN1. The highest BCUT2D eigenvalue weighted by Gasteiger charge is 2.17. The van der Waals surface area contributed by atoms with Crippen LogP contribution < -0.4 is 10.6 Å². The Labute approximate surface area is 98.2 Å². The first-order valence-corrected chi connectivity index (χ1v) is 5.38. The van der Waals surface area contributed by atoms with Crippen molar-refractivity contribution in [3.8, 4) is 0 Å². The molecule has 0 bridgehead atoms. The highest BCUT2D eigenvalue weighted by atomic mass is 16.6. The van der Waals surface area contributed by atoms with Crippen LogP contribution in [0.3, 0.4) is 0 Å². The number of carbonyl (C=O) groups is 1. The second-order valence-electron chi connectivity index (χ2n) is 4.01. The molecule has 6 heteroatoms. The largest absolute Gasteiger partial charge is 0.353 e. The molecule has 1 atom stereocenters. The van der Waals surface area contributed by atoms with E-state index in [1.54, 1.807) is 12.1 Å². The monoisotopic (exact) mass is 235 g/mol. The first-order chi connectivity index (χ1) is 8.15. The van der Waals surface area contributed by atoms with Crippen molar-refractivity contribution in [1.29, 1.82) is 0 Å². The quantitative estimate of drug-likeness (QED) is 0.580. The second kappa shape index (κ2) is 4.92. The fourth-order valence-electron chi connectivity index (χ4n) is 1.79. The number of carbonyl (C=O) groups excluding carboxylic acids is 1. The number of amides is 1. The third-order valence-corrected chi connectivity index (χ3v) is 2.73. The number of nitro groups is 1. The van der Waals surface area contributed by atoms with E-state index in [1.165, 1.54) is 12.1 Å². The molecule has 2 rings (SSSR count). The average molecular weight is 235 g/mol. The van der Waals surface area contributed by atoms with Crippen LogP contribution in [0.2, 0.25) is 0 Å². The number of nitro benzene ring substituents is 1. The van der Waals surface area contributed by atoms with E-state index in [9.17, 15) is 14.9 Å². The molecule has 90 valence electrons. The molecule has 0 radical (unpaired) electrons. The Morgan fingerprint density at radius 1 is 1.35 bits per heavy atom. The Kier molecular flexibility index (Phi) is 3.34. The molecule has 1 aromatic rings. The normalized spacial score (nSPS) is 19.8. The maximum Gasteiger partial charge on any atom is 0.269 e. The number of nitrogens with one attached hydrogen (secondary N) is 2. The van der Waals surface area contributed by atoms with Crippen LogP contribution in [0.25, 0.3) is 0 Å². The van der Waals surface area contributed by atoms with E-state index >= 15 is 0 Å². The van der Waals surface area contributed by atoms with E-state index in [0.717, 1.165) is 12.0 Å². The summed E-state index contributed by atoms with van der Waals surface area (Å²) in [6.45, 7) is 0.924. The third-order valence-electron chi connectivity index (χ3n) is 2.73. The zero-order chi connectivity index (χ0) is 12.3. The molecule has 1 fully saturated rings. The van der Waals surface area contributed by atoms with Gasteiger partial charge in [-0.15, -0.1) is 0 Å². The number of hydrogen-bond donors (Lipinski definition) is 2. The number of rotatable bonds is 3. The molecule has 1 unspecified atom stereocenters. The summed E-state index contributed by atoms with van der Waals surface area (Å²) in [5.74, 6) is 0.00458. The lowest BCUT2D eigenvalue weighted by Gasteiger charge is -2.23. The van der Waals surface area contributed by atoms with Crippen LogP contribution in [0.15, 0.2) is 24.3 Å². The molecule has 1 aliphatic heterocycles. The molecule has 17 heavy (non-hydrogen) atoms. The number of benzene rings is 1. The molecule has 6 nitrogen and oxygen atoms in total. The predicted molar refractivity (Wildman–Crippen MR) is 61.6 cm³/mol. The van der Waals surface area contributed by atoms with Crippen molar-refractivity contribution in [1.82, 2.24) is 10.6 Å². The maximum atomic E-state index is 10.9. The fraction of sp³-hybridized carbons (Fsp3) is 0.364. The maximum absolute atomic E-state index is 10.9. The Morgan fingerprint density at radius 3 is 2.59 bits per heavy atom. The molecule has 2 N–H and O–H groups in total. The van der Waals surface area contributed by atoms with Crippen molar-refractivity contribution in [2.45, 2.75) is 12.5 Å². The van der Waals surface area contributed by atoms with Crippen LogP contribution in [-0.4, -0.2) is 30.0 Å². The van der Waals surface area contributed by atoms with E-state index in [4.69, 9.17) is 0 Å². The van der Waals surface area contributed by atoms with Gasteiger partial charge in [-0.05, 0) is 12.0 Å². The summed E-state index contributed by atoms with van der Waals surface area (Å²) in [7, 11) is 0. The molecule has 0 aromatic heterocycles. The molecular weight excluding hydrogens is 222 g/mol. The molecule has 0 saturated carbocycles. The van der Waals surface area contributed by atoms with E-state index in [-0.39, 0.29) is 17.6 Å². The first kappa shape index (κ1) is 11.5.